The van der Waals surface area contributed by atoms with E-state index in [4.69, 9.17) is 14.6 Å². The highest BCUT2D eigenvalue weighted by Crippen LogP contribution is 2.44. The Morgan fingerprint density at radius 2 is 1.90 bits per heavy atom. The molecule has 0 amide bonds. The van der Waals surface area contributed by atoms with E-state index in [1.165, 1.54) is 37.2 Å². The van der Waals surface area contributed by atoms with Gasteiger partial charge < -0.3 is 9.47 Å². The first-order chi connectivity index (χ1) is 10.3. The highest BCUT2D eigenvalue weighted by Gasteiger charge is 2.48. The van der Waals surface area contributed by atoms with Gasteiger partial charge in [-0.2, -0.15) is 5.10 Å². The summed E-state index contributed by atoms with van der Waals surface area (Å²) in [5.74, 6) is 2.41. The zero-order chi connectivity index (χ0) is 14.0. The molecule has 0 aliphatic carbocycles. The molecule has 5 heteroatoms. The van der Waals surface area contributed by atoms with Gasteiger partial charge in [-0.3, -0.25) is 9.91 Å². The fraction of sp³-hybridized carbons (Fsp3) is 0.562. The molecule has 0 radical (unpaired) electrons. The van der Waals surface area contributed by atoms with Crippen molar-refractivity contribution in [3.8, 4) is 11.5 Å². The Morgan fingerprint density at radius 1 is 1.10 bits per heavy atom. The van der Waals surface area contributed by atoms with E-state index in [1.54, 1.807) is 0 Å². The van der Waals surface area contributed by atoms with Gasteiger partial charge in [0.1, 0.15) is 0 Å². The van der Waals surface area contributed by atoms with Crippen LogP contribution in [0.2, 0.25) is 0 Å². The quantitative estimate of drug-likeness (QED) is 0.789. The van der Waals surface area contributed by atoms with E-state index < -0.39 is 0 Å². The fourth-order valence-corrected chi connectivity index (χ4v) is 4.35. The monoisotopic (exact) mass is 285 g/mol. The summed E-state index contributed by atoms with van der Waals surface area (Å²) in [6, 6.07) is 7.07. The number of hydrogen-bond donors (Lipinski definition) is 0. The number of piperidine rings is 3. The zero-order valence-corrected chi connectivity index (χ0v) is 12.2. The third kappa shape index (κ3) is 1.58. The predicted octanol–water partition coefficient (Wildman–Crippen LogP) is 1.85. The minimum Gasteiger partial charge on any atom is -0.454 e. The van der Waals surface area contributed by atoms with Gasteiger partial charge in [0.15, 0.2) is 11.5 Å². The molecule has 5 aliphatic rings. The number of rotatable bonds is 1. The first-order valence-electron chi connectivity index (χ1n) is 7.76. The fourth-order valence-electron chi connectivity index (χ4n) is 4.35. The summed E-state index contributed by atoms with van der Waals surface area (Å²) in [7, 11) is 2.10. The van der Waals surface area contributed by atoms with E-state index >= 15 is 0 Å². The van der Waals surface area contributed by atoms with Gasteiger partial charge in [0.25, 0.3) is 0 Å². The molecule has 1 aromatic carbocycles. The van der Waals surface area contributed by atoms with Crippen molar-refractivity contribution in [2.45, 2.75) is 24.9 Å². The van der Waals surface area contributed by atoms with Crippen molar-refractivity contribution >= 4 is 5.71 Å². The molecule has 3 fully saturated rings. The highest BCUT2D eigenvalue weighted by molar-refractivity contribution is 5.95. The molecule has 0 aromatic heterocycles. The number of fused-ring (bicyclic) bond motifs is 3. The number of nitrogens with zero attached hydrogens (tertiary/aromatic N) is 3. The van der Waals surface area contributed by atoms with Crippen molar-refractivity contribution in [1.82, 2.24) is 9.91 Å². The Bertz CT molecular complexity index is 622. The average molecular weight is 285 g/mol. The lowest BCUT2D eigenvalue weighted by atomic mass is 9.78. The second-order valence-corrected chi connectivity index (χ2v) is 6.41. The normalized spacial score (nSPS) is 35.9. The summed E-state index contributed by atoms with van der Waals surface area (Å²) in [6.07, 6.45) is 2.55. The van der Waals surface area contributed by atoms with Crippen LogP contribution in [0.15, 0.2) is 23.3 Å². The SMILES string of the molecule is CN1N=C2C3CCN(CC3)[C@@H]2[C@H]1c1ccc2c(c1)OCO2. The maximum atomic E-state index is 5.54. The second kappa shape index (κ2) is 4.13. The topological polar surface area (TPSA) is 37.3 Å². The molecule has 3 saturated heterocycles. The summed E-state index contributed by atoms with van der Waals surface area (Å²) in [5, 5.41) is 7.03. The van der Waals surface area contributed by atoms with Crippen LogP contribution >= 0.6 is 0 Å². The van der Waals surface area contributed by atoms with Crippen LogP contribution in [0.3, 0.4) is 0 Å². The number of benzene rings is 1. The minimum atomic E-state index is 0.303. The molecule has 0 spiro atoms. The standard InChI is InChI=1S/C16H19N3O2/c1-18-15(11-2-3-12-13(8-11)21-9-20-12)16-14(17-18)10-4-6-19(16)7-5-10/h2-3,8,10,15-16H,4-7,9H2,1H3/t15-,16+/m1/s1. The Morgan fingerprint density at radius 3 is 2.76 bits per heavy atom. The summed E-state index contributed by atoms with van der Waals surface area (Å²) in [4.78, 5) is 2.61. The molecule has 110 valence electrons. The van der Waals surface area contributed by atoms with Crippen molar-refractivity contribution in [2.24, 2.45) is 11.0 Å². The Kier molecular flexibility index (Phi) is 2.33. The molecule has 5 heterocycles. The van der Waals surface area contributed by atoms with Gasteiger partial charge in [-0.1, -0.05) is 6.07 Å². The second-order valence-electron chi connectivity index (χ2n) is 6.41. The molecular formula is C16H19N3O2. The molecule has 0 unspecified atom stereocenters. The number of hydrazone groups is 1. The van der Waals surface area contributed by atoms with Crippen molar-refractivity contribution < 1.29 is 9.47 Å². The maximum absolute atomic E-state index is 5.54. The van der Waals surface area contributed by atoms with Crippen molar-refractivity contribution in [2.75, 3.05) is 26.9 Å². The minimum absolute atomic E-state index is 0.303. The Labute approximate surface area is 124 Å². The Balaban J connectivity index is 1.55. The molecule has 0 saturated carbocycles. The smallest absolute Gasteiger partial charge is 0.231 e. The van der Waals surface area contributed by atoms with Crippen molar-refractivity contribution in [1.29, 1.82) is 0 Å². The van der Waals surface area contributed by atoms with Gasteiger partial charge in [-0.25, -0.2) is 0 Å². The van der Waals surface area contributed by atoms with E-state index in [9.17, 15) is 0 Å². The molecule has 2 atom stereocenters. The van der Waals surface area contributed by atoms with Gasteiger partial charge in [0.2, 0.25) is 6.79 Å². The lowest BCUT2D eigenvalue weighted by Crippen LogP contribution is -2.56. The van der Waals surface area contributed by atoms with Crippen LogP contribution in [0.5, 0.6) is 11.5 Å². The lowest BCUT2D eigenvalue weighted by molar-refractivity contribution is 0.106. The van der Waals surface area contributed by atoms with Crippen LogP contribution in [-0.2, 0) is 0 Å². The van der Waals surface area contributed by atoms with Gasteiger partial charge in [-0.15, -0.1) is 0 Å². The van der Waals surface area contributed by atoms with Gasteiger partial charge in [-0.05, 0) is 43.6 Å². The van der Waals surface area contributed by atoms with Gasteiger partial charge in [0, 0.05) is 13.0 Å². The lowest BCUT2D eigenvalue weighted by Gasteiger charge is -2.46. The average Bonchev–Trinajstić information content (AvgIpc) is 3.11. The van der Waals surface area contributed by atoms with Crippen LogP contribution in [0.4, 0.5) is 0 Å². The number of hydrogen-bond acceptors (Lipinski definition) is 5. The summed E-state index contributed by atoms with van der Waals surface area (Å²) in [5.41, 5.74) is 2.68. The van der Waals surface area contributed by atoms with E-state index in [1.807, 2.05) is 6.07 Å². The zero-order valence-electron chi connectivity index (χ0n) is 12.2. The predicted molar refractivity (Wildman–Crippen MR) is 78.6 cm³/mol. The van der Waals surface area contributed by atoms with Crippen LogP contribution in [0.1, 0.15) is 24.4 Å². The molecule has 21 heavy (non-hydrogen) atoms. The molecule has 5 nitrogen and oxygen atoms in total. The largest absolute Gasteiger partial charge is 0.454 e. The van der Waals surface area contributed by atoms with Crippen LogP contribution in [0.25, 0.3) is 0 Å². The summed E-state index contributed by atoms with van der Waals surface area (Å²) in [6.45, 7) is 2.76. The van der Waals surface area contributed by atoms with E-state index in [2.05, 4.69) is 29.1 Å². The first kappa shape index (κ1) is 11.9. The maximum Gasteiger partial charge on any atom is 0.231 e. The van der Waals surface area contributed by atoms with Crippen molar-refractivity contribution in [3.63, 3.8) is 0 Å². The highest BCUT2D eigenvalue weighted by atomic mass is 16.7. The molecule has 6 rings (SSSR count). The molecular weight excluding hydrogens is 266 g/mol. The van der Waals surface area contributed by atoms with E-state index in [-0.39, 0.29) is 0 Å². The first-order valence-corrected chi connectivity index (χ1v) is 7.76. The third-order valence-electron chi connectivity index (χ3n) is 5.36. The van der Waals surface area contributed by atoms with E-state index in [0.29, 0.717) is 24.8 Å². The summed E-state index contributed by atoms with van der Waals surface area (Å²) < 4.78 is 11.0. The molecule has 2 bridgehead atoms. The molecule has 0 N–H and O–H groups in total. The Hall–Kier alpha value is -1.75. The molecule has 5 aliphatic heterocycles. The summed E-state index contributed by atoms with van der Waals surface area (Å²) >= 11 is 0. The van der Waals surface area contributed by atoms with Gasteiger partial charge in [0.05, 0.1) is 17.8 Å². The van der Waals surface area contributed by atoms with Crippen LogP contribution < -0.4 is 9.47 Å². The molecule has 1 aromatic rings. The number of ether oxygens (including phenoxy) is 2. The number of likely N-dealkylation sites (N-methyl/N-ethyl adjacent to an activating group) is 1. The third-order valence-corrected chi connectivity index (χ3v) is 5.36. The van der Waals surface area contributed by atoms with E-state index in [0.717, 1.165) is 11.5 Å². The van der Waals surface area contributed by atoms with Crippen molar-refractivity contribution in [3.05, 3.63) is 23.8 Å². The van der Waals surface area contributed by atoms with Gasteiger partial charge >= 0.3 is 0 Å². The van der Waals surface area contributed by atoms with Crippen LogP contribution in [-0.4, -0.2) is 48.6 Å². The van der Waals surface area contributed by atoms with Crippen LogP contribution in [0, 0.1) is 5.92 Å².